The molecular formula is C37H47N3O6. The van der Waals surface area contributed by atoms with Crippen molar-refractivity contribution in [3.05, 3.63) is 60.2 Å². The van der Waals surface area contributed by atoms with E-state index in [0.29, 0.717) is 72.8 Å². The quantitative estimate of drug-likeness (QED) is 0.0982. The molecule has 2 N–H and O–H groups in total. The van der Waals surface area contributed by atoms with Crippen LogP contribution in [0.25, 0.3) is 34.2 Å². The van der Waals surface area contributed by atoms with Crippen LogP contribution in [0.15, 0.2) is 54.6 Å². The zero-order valence-corrected chi connectivity index (χ0v) is 27.6. The molecule has 1 heterocycles. The molecule has 4 aromatic rings. The van der Waals surface area contributed by atoms with Crippen LogP contribution in [0.5, 0.6) is 28.7 Å². The summed E-state index contributed by atoms with van der Waals surface area (Å²) in [5.74, 6) is 2.68. The molecule has 0 spiro atoms. The third-order valence-electron chi connectivity index (χ3n) is 7.25. The third-order valence-corrected chi connectivity index (χ3v) is 7.25. The van der Waals surface area contributed by atoms with E-state index in [4.69, 9.17) is 33.9 Å². The van der Waals surface area contributed by atoms with Crippen molar-refractivity contribution in [3.63, 3.8) is 0 Å². The summed E-state index contributed by atoms with van der Waals surface area (Å²) in [6.45, 7) is 11.1. The Morgan fingerprint density at radius 2 is 1.02 bits per heavy atom. The molecule has 0 bridgehead atoms. The second-order valence-corrected chi connectivity index (χ2v) is 11.2. The first kappa shape index (κ1) is 34.5. The summed E-state index contributed by atoms with van der Waals surface area (Å²) in [5.41, 5.74) is 2.32. The van der Waals surface area contributed by atoms with Gasteiger partial charge in [0.25, 0.3) is 0 Å². The van der Waals surface area contributed by atoms with Crippen LogP contribution >= 0.6 is 0 Å². The second kappa shape index (κ2) is 17.9. The molecular weight excluding hydrogens is 582 g/mol. The zero-order valence-electron chi connectivity index (χ0n) is 27.6. The first-order valence-corrected chi connectivity index (χ1v) is 16.5. The SMILES string of the molecule is CCCCOc1ccc(-c2nc(-c3ccc(COCCC)cc3O)nc(-c3ccc(OCCCC)cc3OCCCC)n2)c(O)c1. The molecule has 0 atom stereocenters. The van der Waals surface area contributed by atoms with Crippen LogP contribution in [0.3, 0.4) is 0 Å². The second-order valence-electron chi connectivity index (χ2n) is 11.2. The molecule has 3 aromatic carbocycles. The molecule has 0 radical (unpaired) electrons. The lowest BCUT2D eigenvalue weighted by molar-refractivity contribution is 0.121. The Morgan fingerprint density at radius 3 is 1.57 bits per heavy atom. The number of nitrogens with zero attached hydrogens (tertiary/aromatic N) is 3. The number of hydrogen-bond donors (Lipinski definition) is 2. The van der Waals surface area contributed by atoms with Gasteiger partial charge in [0.2, 0.25) is 0 Å². The van der Waals surface area contributed by atoms with Crippen LogP contribution in [0.1, 0.15) is 78.2 Å². The monoisotopic (exact) mass is 629 g/mol. The normalized spacial score (nSPS) is 11.0. The van der Waals surface area contributed by atoms with Crippen molar-refractivity contribution in [1.82, 2.24) is 15.0 Å². The number of ether oxygens (including phenoxy) is 4. The lowest BCUT2D eigenvalue weighted by Gasteiger charge is -2.15. The Balaban J connectivity index is 1.81. The number of phenols is 2. The maximum Gasteiger partial charge on any atom is 0.167 e. The average Bonchev–Trinajstić information content (AvgIpc) is 3.05. The van der Waals surface area contributed by atoms with Crippen molar-refractivity contribution in [2.45, 2.75) is 79.2 Å². The number of aromatic nitrogens is 3. The van der Waals surface area contributed by atoms with E-state index in [9.17, 15) is 10.2 Å². The van der Waals surface area contributed by atoms with Gasteiger partial charge < -0.3 is 29.2 Å². The summed E-state index contributed by atoms with van der Waals surface area (Å²) in [6, 6.07) is 16.0. The maximum absolute atomic E-state index is 11.1. The molecule has 9 nitrogen and oxygen atoms in total. The van der Waals surface area contributed by atoms with Gasteiger partial charge in [0.15, 0.2) is 17.5 Å². The highest BCUT2D eigenvalue weighted by molar-refractivity contribution is 5.74. The standard InChI is InChI=1S/C37H47N3O6/c1-5-9-19-44-27-13-16-30(33(42)23-27)36-38-35(29-15-12-26(22-32(29)41)25-43-18-8-4)39-37(40-36)31-17-14-28(45-20-10-6-2)24-34(31)46-21-11-7-3/h12-17,22-24,41-42H,5-11,18-21,25H2,1-4H3. The minimum atomic E-state index is -0.0242. The summed E-state index contributed by atoms with van der Waals surface area (Å²) in [7, 11) is 0. The minimum absolute atomic E-state index is 0.0173. The van der Waals surface area contributed by atoms with Crippen molar-refractivity contribution in [2.24, 2.45) is 0 Å². The van der Waals surface area contributed by atoms with Gasteiger partial charge in [-0.25, -0.2) is 15.0 Å². The van der Waals surface area contributed by atoms with Gasteiger partial charge >= 0.3 is 0 Å². The van der Waals surface area contributed by atoms with E-state index in [1.54, 1.807) is 30.3 Å². The number of rotatable bonds is 19. The minimum Gasteiger partial charge on any atom is -0.507 e. The Labute approximate surface area is 272 Å². The molecule has 1 aromatic heterocycles. The summed E-state index contributed by atoms with van der Waals surface area (Å²) < 4.78 is 23.7. The van der Waals surface area contributed by atoms with E-state index in [1.165, 1.54) is 0 Å². The van der Waals surface area contributed by atoms with Gasteiger partial charge in [-0.2, -0.15) is 0 Å². The Morgan fingerprint density at radius 1 is 0.522 bits per heavy atom. The van der Waals surface area contributed by atoms with E-state index >= 15 is 0 Å². The summed E-state index contributed by atoms with van der Waals surface area (Å²) >= 11 is 0. The van der Waals surface area contributed by atoms with E-state index in [0.717, 1.165) is 50.5 Å². The lowest BCUT2D eigenvalue weighted by Crippen LogP contribution is -2.04. The molecule has 0 saturated heterocycles. The number of phenolic OH excluding ortho intramolecular Hbond substituents is 2. The summed E-state index contributed by atoms with van der Waals surface area (Å²) in [6.07, 6.45) is 6.70. The van der Waals surface area contributed by atoms with Crippen LogP contribution in [0.2, 0.25) is 0 Å². The average molecular weight is 630 g/mol. The third kappa shape index (κ3) is 9.57. The Bertz CT molecular complexity index is 1470. The molecule has 46 heavy (non-hydrogen) atoms. The van der Waals surface area contributed by atoms with Gasteiger partial charge in [-0.3, -0.25) is 0 Å². The lowest BCUT2D eigenvalue weighted by atomic mass is 10.1. The summed E-state index contributed by atoms with van der Waals surface area (Å²) in [4.78, 5) is 14.4. The van der Waals surface area contributed by atoms with Gasteiger partial charge in [0, 0.05) is 18.7 Å². The van der Waals surface area contributed by atoms with Crippen molar-refractivity contribution in [2.75, 3.05) is 26.4 Å². The molecule has 4 rings (SSSR count). The molecule has 9 heteroatoms. The molecule has 0 fully saturated rings. The smallest absolute Gasteiger partial charge is 0.167 e. The van der Waals surface area contributed by atoms with Crippen LogP contribution in [-0.4, -0.2) is 51.6 Å². The van der Waals surface area contributed by atoms with E-state index < -0.39 is 0 Å². The van der Waals surface area contributed by atoms with Crippen LogP contribution in [-0.2, 0) is 11.3 Å². The topological polar surface area (TPSA) is 116 Å². The van der Waals surface area contributed by atoms with Gasteiger partial charge in [-0.05, 0) is 67.6 Å². The maximum atomic E-state index is 11.1. The van der Waals surface area contributed by atoms with Crippen LogP contribution < -0.4 is 14.2 Å². The van der Waals surface area contributed by atoms with Crippen molar-refractivity contribution < 1.29 is 29.2 Å². The number of hydrogen-bond acceptors (Lipinski definition) is 9. The number of benzene rings is 3. The first-order valence-electron chi connectivity index (χ1n) is 16.5. The molecule has 0 saturated carbocycles. The molecule has 0 unspecified atom stereocenters. The Hall–Kier alpha value is -4.37. The van der Waals surface area contributed by atoms with Crippen molar-refractivity contribution in [3.8, 4) is 62.9 Å². The number of unbranched alkanes of at least 4 members (excludes halogenated alkanes) is 3. The fraction of sp³-hybridized carbons (Fsp3) is 0.432. The molecule has 0 aliphatic carbocycles. The highest BCUT2D eigenvalue weighted by Crippen LogP contribution is 2.37. The predicted molar refractivity (Wildman–Crippen MR) is 181 cm³/mol. The fourth-order valence-corrected chi connectivity index (χ4v) is 4.61. The van der Waals surface area contributed by atoms with E-state index in [1.807, 2.05) is 24.3 Å². The molecule has 0 aliphatic heterocycles. The largest absolute Gasteiger partial charge is 0.507 e. The predicted octanol–water partition coefficient (Wildman–Crippen LogP) is 8.75. The number of aromatic hydroxyl groups is 2. The van der Waals surface area contributed by atoms with E-state index in [2.05, 4.69) is 27.7 Å². The van der Waals surface area contributed by atoms with Crippen LogP contribution in [0.4, 0.5) is 0 Å². The molecule has 246 valence electrons. The first-order chi connectivity index (χ1) is 22.5. The van der Waals surface area contributed by atoms with Crippen molar-refractivity contribution >= 4 is 0 Å². The highest BCUT2D eigenvalue weighted by atomic mass is 16.5. The van der Waals surface area contributed by atoms with Gasteiger partial charge in [-0.15, -0.1) is 0 Å². The van der Waals surface area contributed by atoms with Gasteiger partial charge in [0.1, 0.15) is 28.7 Å². The highest BCUT2D eigenvalue weighted by Gasteiger charge is 2.20. The fourth-order valence-electron chi connectivity index (χ4n) is 4.61. The van der Waals surface area contributed by atoms with E-state index in [-0.39, 0.29) is 23.1 Å². The molecule has 0 amide bonds. The van der Waals surface area contributed by atoms with Gasteiger partial charge in [-0.1, -0.05) is 53.0 Å². The molecule has 0 aliphatic rings. The Kier molecular flexibility index (Phi) is 13.5. The van der Waals surface area contributed by atoms with Crippen molar-refractivity contribution in [1.29, 1.82) is 0 Å². The van der Waals surface area contributed by atoms with Crippen LogP contribution in [0, 0.1) is 0 Å². The van der Waals surface area contributed by atoms with Gasteiger partial charge in [0.05, 0.1) is 43.1 Å². The zero-order chi connectivity index (χ0) is 32.7. The summed E-state index contributed by atoms with van der Waals surface area (Å²) in [5, 5.41) is 22.2.